The molecule has 0 bridgehead atoms. The molecule has 0 radical (unpaired) electrons. The van der Waals surface area contributed by atoms with Gasteiger partial charge in [-0.3, -0.25) is 0 Å². The summed E-state index contributed by atoms with van der Waals surface area (Å²) in [5.41, 5.74) is -9.23. The van der Waals surface area contributed by atoms with Crippen LogP contribution in [0, 0.1) is 51.0 Å². The van der Waals surface area contributed by atoms with Crippen LogP contribution >= 0.6 is 47.0 Å². The average Bonchev–Trinajstić information content (AvgIpc) is 1.52. The maximum absolute atomic E-state index is 14.4. The van der Waals surface area contributed by atoms with Crippen LogP contribution < -0.4 is 21.3 Å². The van der Waals surface area contributed by atoms with Crippen LogP contribution in [0.4, 0.5) is 40.8 Å². The molecule has 48 heteroatoms. The van der Waals surface area contributed by atoms with Gasteiger partial charge in [-0.2, -0.15) is 0 Å². The van der Waals surface area contributed by atoms with E-state index in [1.807, 2.05) is 0 Å². The number of aryl methyl sites for hydroxylation is 4. The number of hydrogen-bond donors (Lipinski definition) is 16. The summed E-state index contributed by atoms with van der Waals surface area (Å²) in [7, 11) is 0. The Hall–Kier alpha value is -9.52. The molecule has 8 aromatic heterocycles. The maximum Gasteiger partial charge on any atom is 0.191 e. The summed E-state index contributed by atoms with van der Waals surface area (Å²) in [6, 6.07) is 3.66. The Labute approximate surface area is 894 Å². The van der Waals surface area contributed by atoms with Gasteiger partial charge in [-0.25, -0.2) is 76.2 Å². The van der Waals surface area contributed by atoms with E-state index in [1.165, 1.54) is 66.2 Å². The molecular weight excluding hydrogens is 1950 g/mol. The highest BCUT2D eigenvalue weighted by Gasteiger charge is 2.51. The van der Waals surface area contributed by atoms with E-state index in [-0.39, 0.29) is 150 Å². The zero-order valence-corrected chi connectivity index (χ0v) is 80.5. The second kappa shape index (κ2) is 47.3. The lowest BCUT2D eigenvalue weighted by Crippen LogP contribution is -2.33. The molecule has 144 heavy (non-hydrogen) atoms. The zero-order valence-electron chi connectivity index (χ0n) is 113. The van der Waals surface area contributed by atoms with E-state index in [4.69, 9.17) is 73.4 Å². The van der Waals surface area contributed by atoms with Gasteiger partial charge in [0.25, 0.3) is 0 Å². The second-order valence-electron chi connectivity index (χ2n) is 33.7. The first-order valence-corrected chi connectivity index (χ1v) is 47.9. The molecule has 8 aliphatic rings. The van der Waals surface area contributed by atoms with Gasteiger partial charge in [-0.15, -0.1) is 20.4 Å². The van der Waals surface area contributed by atoms with E-state index in [1.54, 1.807) is 20.8 Å². The molecule has 0 aliphatic heterocycles. The highest BCUT2D eigenvalue weighted by atomic mass is 32.2. The number of benzene rings is 4. The quantitative estimate of drug-likeness (QED) is 0.00969. The first-order valence-electron chi connectivity index (χ1n) is 62.6. The number of nitrogens with one attached hydrogen (secondary N) is 4. The van der Waals surface area contributed by atoms with E-state index in [0.29, 0.717) is 57.5 Å². The molecule has 0 amide bonds. The molecular formula is C96H124F4N24O16S4. The van der Waals surface area contributed by atoms with Gasteiger partial charge in [-0.05, 0) is 147 Å². The Kier molecular flexibility index (Phi) is 22.6. The van der Waals surface area contributed by atoms with Crippen LogP contribution in [0.2, 0.25) is 0 Å². The summed E-state index contributed by atoms with van der Waals surface area (Å²) in [5, 5.41) is 165. The number of anilines is 4. The van der Waals surface area contributed by atoms with Gasteiger partial charge in [0.1, 0.15) is 72.1 Å². The van der Waals surface area contributed by atoms with E-state index in [2.05, 4.69) is 102 Å². The van der Waals surface area contributed by atoms with Gasteiger partial charge in [0, 0.05) is 129 Å². The fraction of sp³-hybridized carbons (Fsp3) is 0.583. The Morgan fingerprint density at radius 3 is 0.847 bits per heavy atom. The van der Waals surface area contributed by atoms with E-state index in [0.717, 1.165) is 59.9 Å². The van der Waals surface area contributed by atoms with Crippen molar-refractivity contribution in [3.05, 3.63) is 141 Å². The van der Waals surface area contributed by atoms with Crippen molar-refractivity contribution >= 4 is 115 Å². The molecule has 0 spiro atoms. The van der Waals surface area contributed by atoms with Crippen LogP contribution in [0.1, 0.15) is 246 Å². The molecule has 8 saturated carbocycles. The van der Waals surface area contributed by atoms with Crippen LogP contribution in [0.3, 0.4) is 0 Å². The van der Waals surface area contributed by atoms with Crippen molar-refractivity contribution in [3.8, 4) is 0 Å². The minimum Gasteiger partial charge on any atom is -0.394 e. The van der Waals surface area contributed by atoms with Crippen LogP contribution in [-0.4, -0.2) is 334 Å². The highest BCUT2D eigenvalue weighted by Crippen LogP contribution is 2.50. The van der Waals surface area contributed by atoms with Crippen LogP contribution in [0.15, 0.2) is 93.4 Å². The lowest BCUT2D eigenvalue weighted by molar-refractivity contribution is -0.0629. The summed E-state index contributed by atoms with van der Waals surface area (Å²) in [6.45, 7) is -3.92. The molecule has 40 nitrogen and oxygen atoms in total. The molecule has 4 aromatic carbocycles. The minimum absolute atomic E-state index is 0.0420. The first kappa shape index (κ1) is 68.9. The number of aromatic nitrogens is 20. The number of aliphatic hydroxyl groups excluding tert-OH is 10. The van der Waals surface area contributed by atoms with Crippen molar-refractivity contribution in [1.29, 1.82) is 0 Å². The number of thioether (sulfide) groups is 4. The third kappa shape index (κ3) is 23.8. The van der Waals surface area contributed by atoms with E-state index < -0.39 is 293 Å². The van der Waals surface area contributed by atoms with Gasteiger partial charge in [0.15, 0.2) is 88.6 Å². The van der Waals surface area contributed by atoms with Gasteiger partial charge < -0.3 is 101 Å². The van der Waals surface area contributed by atoms with Crippen molar-refractivity contribution in [2.75, 3.05) is 96.8 Å². The van der Waals surface area contributed by atoms with Gasteiger partial charge in [-0.1, -0.05) is 144 Å². The van der Waals surface area contributed by atoms with Crippen molar-refractivity contribution < 1.29 is 147 Å². The van der Waals surface area contributed by atoms with Gasteiger partial charge in [0.05, 0.1) is 118 Å². The average molecular weight is 2110 g/mol. The summed E-state index contributed by atoms with van der Waals surface area (Å²) >= 11 is 1.24. The SMILES string of the molecule is [2H]C([2H])(C)C([2H])([2H])Sc1nc(N[C@@]2([2H])[C@H](c3ccc(C)c(F)c3)C2([2H])[2H])c2nnn([C@@H]3C[C@H](OC([2H])([2H])C([2H])([2H])O)[C@@H](O)[C@H]3O)c2n1.[2H]C([2H])(C)C([2H])([2H])Sc1nc(N[C@@]2([2H])[C@H](c3ccc(C)c(F)c3)C2([2H])[2H])c2nnn([C@@H]3C[C@H](OCCO)[C@@H](O)[C@H]3O)c2n1.[2H]C([2H])(CO)O[C@H]1C[C@@H](n2nnc3c(N[C@@]4([2H])[C@H](c5ccc(C)c(F)c5)C4([2H])[2H])nc(SC([2H])([2H])C([2H])([2H])C)nc32)[C@H](O)[C@@H]1O.[2H]C([2H])(O)CO[C@H]1C[C@@H](n2nnc3c(N[C@@]4([2H])[C@H](c5ccc(C)c(F)c5)C4([2H])[2H])nc(SC([2H])([2H])C([2H])([2H])C)nc32)[C@H](O)[C@@H]1O. The largest absolute Gasteiger partial charge is 0.394 e. The summed E-state index contributed by atoms with van der Waals surface area (Å²) in [6.07, 6.45) is -36.6. The van der Waals surface area contributed by atoms with Crippen LogP contribution in [0.25, 0.3) is 44.7 Å². The van der Waals surface area contributed by atoms with Crippen molar-refractivity contribution in [1.82, 2.24) is 99.8 Å². The Balaban J connectivity index is 0.000000158. The van der Waals surface area contributed by atoms with Crippen LogP contribution in [0.5, 0.6) is 0 Å². The third-order valence-corrected chi connectivity index (χ3v) is 27.0. The summed E-state index contributed by atoms with van der Waals surface area (Å²) in [5.74, 6) is -8.03. The van der Waals surface area contributed by atoms with E-state index in [9.17, 15) is 73.7 Å². The molecule has 0 unspecified atom stereocenters. The number of halogens is 4. The van der Waals surface area contributed by atoms with Crippen molar-refractivity contribution in [3.63, 3.8) is 0 Å². The Morgan fingerprint density at radius 1 is 0.354 bits per heavy atom. The lowest BCUT2D eigenvalue weighted by Gasteiger charge is -2.17. The monoisotopic (exact) mass is 2110 g/mol. The number of ether oxygens (including phenoxy) is 4. The fourth-order valence-corrected chi connectivity index (χ4v) is 18.5. The molecule has 0 saturated heterocycles. The lowest BCUT2D eigenvalue weighted by atomic mass is 10.1. The molecule has 12 aromatic rings. The number of rotatable bonds is 40. The van der Waals surface area contributed by atoms with Crippen LogP contribution in [-0.2, 0) is 18.9 Å². The smallest absolute Gasteiger partial charge is 0.191 e. The standard InChI is InChI=1S/4C24H31FN6O4S/c4*1-3-8-36-24-27-22(26-16-10-14(16)13-5-4-12(2)15(25)9-13)19-23(28-24)31(30-29-19)17-11-18(35-7-6-32)21(34)20(17)33/h4*4-5,9,14,16-18,20-21,32-34H,3,6-8,10-11H2,1-2H3,(H,26,27,28)/t4*14-,16+,17+,18-,20-,21+/m0000/s1/i3D2,6D2,7D2,8D2,10D2,16D;3D2,7D2,8D2,10D2,16D;3D2,6D2,8D2,10D2,16D;3D2,8D2,10D2,16D. The molecule has 8 heterocycles. The topological polar surface area (TPSA) is 554 Å². The molecule has 16 N–H and O–H groups in total. The zero-order chi connectivity index (χ0) is 134. The molecule has 24 atom stereocenters. The van der Waals surface area contributed by atoms with Gasteiger partial charge in [0.2, 0.25) is 0 Å². The predicted octanol–water partition coefficient (Wildman–Crippen LogP) is 8.73. The normalized spacial score (nSPS) is 35.9. The molecule has 776 valence electrons. The third-order valence-electron chi connectivity index (χ3n) is 24.3. The Bertz CT molecular complexity index is 8320. The fourth-order valence-electron chi connectivity index (χ4n) is 16.6. The van der Waals surface area contributed by atoms with Gasteiger partial charge >= 0.3 is 0 Å². The van der Waals surface area contributed by atoms with E-state index >= 15 is 0 Å². The first-order chi connectivity index (χ1) is 82.4. The van der Waals surface area contributed by atoms with Crippen molar-refractivity contribution in [2.45, 2.75) is 298 Å². The molecule has 8 fully saturated rings. The number of hydrogen-bond acceptors (Lipinski definition) is 40. The minimum atomic E-state index is -3.47. The van der Waals surface area contributed by atoms with Crippen molar-refractivity contribution in [2.24, 2.45) is 0 Å². The Morgan fingerprint density at radius 2 is 0.611 bits per heavy atom. The summed E-state index contributed by atoms with van der Waals surface area (Å²) in [4.78, 5) is 34.2. The number of aliphatic hydroxyl groups is 12. The highest BCUT2D eigenvalue weighted by molar-refractivity contribution is 7.99. The maximum atomic E-state index is 14.4. The second-order valence-corrected chi connectivity index (χ2v) is 36.8. The summed E-state index contributed by atoms with van der Waals surface area (Å²) < 4.78 is 376. The predicted molar refractivity (Wildman–Crippen MR) is 530 cm³/mol. The number of nitrogens with zero attached hydrogens (tertiary/aromatic N) is 20. The molecule has 20 rings (SSSR count). The molecule has 8 aliphatic carbocycles. The number of fused-ring (bicyclic) bond motifs is 4.